The fourth-order valence-electron chi connectivity index (χ4n) is 2.91. The van der Waals surface area contributed by atoms with Crippen molar-refractivity contribution in [2.45, 2.75) is 51.4 Å². The molecular formula is C12H20N4O. The molecule has 2 heterocycles. The SMILES string of the molecule is COCc1nnc2n1CCN(C1CCC1)[C@H]2C. The minimum Gasteiger partial charge on any atom is -0.377 e. The average molecular weight is 236 g/mol. The summed E-state index contributed by atoms with van der Waals surface area (Å²) in [5, 5.41) is 8.58. The van der Waals surface area contributed by atoms with Crippen LogP contribution in [0.15, 0.2) is 0 Å². The molecule has 1 saturated carbocycles. The predicted molar refractivity (Wildman–Crippen MR) is 63.5 cm³/mol. The van der Waals surface area contributed by atoms with Crippen molar-refractivity contribution in [3.05, 3.63) is 11.6 Å². The van der Waals surface area contributed by atoms with Crippen molar-refractivity contribution in [3.63, 3.8) is 0 Å². The van der Waals surface area contributed by atoms with Crippen LogP contribution >= 0.6 is 0 Å². The van der Waals surface area contributed by atoms with Gasteiger partial charge < -0.3 is 9.30 Å². The highest BCUT2D eigenvalue weighted by Gasteiger charge is 2.34. The zero-order valence-corrected chi connectivity index (χ0v) is 10.6. The maximum Gasteiger partial charge on any atom is 0.159 e. The van der Waals surface area contributed by atoms with Crippen LogP contribution in [-0.4, -0.2) is 39.4 Å². The molecule has 3 rings (SSSR count). The van der Waals surface area contributed by atoms with Crippen molar-refractivity contribution < 1.29 is 4.74 Å². The predicted octanol–water partition coefficient (Wildman–Crippen LogP) is 1.35. The Labute approximate surface area is 102 Å². The van der Waals surface area contributed by atoms with Gasteiger partial charge in [0.25, 0.3) is 0 Å². The Bertz CT molecular complexity index is 399. The van der Waals surface area contributed by atoms with Crippen LogP contribution in [-0.2, 0) is 17.9 Å². The van der Waals surface area contributed by atoms with Gasteiger partial charge in [-0.3, -0.25) is 4.90 Å². The van der Waals surface area contributed by atoms with Crippen molar-refractivity contribution in [1.29, 1.82) is 0 Å². The van der Waals surface area contributed by atoms with E-state index >= 15 is 0 Å². The van der Waals surface area contributed by atoms with Crippen molar-refractivity contribution in [1.82, 2.24) is 19.7 Å². The van der Waals surface area contributed by atoms with Crippen LogP contribution in [0.5, 0.6) is 0 Å². The minimum atomic E-state index is 0.396. The molecule has 0 aromatic carbocycles. The summed E-state index contributed by atoms with van der Waals surface area (Å²) in [6.45, 7) is 4.92. The highest BCUT2D eigenvalue weighted by Crippen LogP contribution is 2.33. The molecule has 94 valence electrons. The Kier molecular flexibility index (Phi) is 2.88. The molecule has 17 heavy (non-hydrogen) atoms. The second-order valence-corrected chi connectivity index (χ2v) is 5.06. The fraction of sp³-hybridized carbons (Fsp3) is 0.833. The largest absolute Gasteiger partial charge is 0.377 e. The van der Waals surface area contributed by atoms with Gasteiger partial charge in [0.2, 0.25) is 0 Å². The van der Waals surface area contributed by atoms with Gasteiger partial charge in [-0.05, 0) is 19.8 Å². The van der Waals surface area contributed by atoms with Crippen molar-refractivity contribution in [2.75, 3.05) is 13.7 Å². The summed E-state index contributed by atoms with van der Waals surface area (Å²) < 4.78 is 7.38. The van der Waals surface area contributed by atoms with E-state index in [1.807, 2.05) is 0 Å². The molecule has 0 unspecified atom stereocenters. The molecule has 0 spiro atoms. The lowest BCUT2D eigenvalue weighted by atomic mass is 9.90. The summed E-state index contributed by atoms with van der Waals surface area (Å²) in [4.78, 5) is 2.59. The van der Waals surface area contributed by atoms with Gasteiger partial charge in [-0.1, -0.05) is 6.42 Å². The van der Waals surface area contributed by atoms with Gasteiger partial charge in [0.15, 0.2) is 5.82 Å². The summed E-state index contributed by atoms with van der Waals surface area (Å²) >= 11 is 0. The second kappa shape index (κ2) is 4.38. The van der Waals surface area contributed by atoms with E-state index in [4.69, 9.17) is 4.74 Å². The summed E-state index contributed by atoms with van der Waals surface area (Å²) in [5.74, 6) is 2.07. The molecule has 1 aliphatic heterocycles. The number of aromatic nitrogens is 3. The summed E-state index contributed by atoms with van der Waals surface area (Å²) in [5.41, 5.74) is 0. The van der Waals surface area contributed by atoms with Gasteiger partial charge >= 0.3 is 0 Å². The summed E-state index contributed by atoms with van der Waals surface area (Å²) in [6.07, 6.45) is 4.09. The molecule has 0 bridgehead atoms. The van der Waals surface area contributed by atoms with Crippen LogP contribution in [0.1, 0.15) is 43.9 Å². The second-order valence-electron chi connectivity index (χ2n) is 5.06. The van der Waals surface area contributed by atoms with Gasteiger partial charge in [0, 0.05) is 26.2 Å². The lowest BCUT2D eigenvalue weighted by molar-refractivity contribution is 0.0593. The normalized spacial score (nSPS) is 25.6. The topological polar surface area (TPSA) is 43.2 Å². The van der Waals surface area contributed by atoms with Crippen LogP contribution in [0.3, 0.4) is 0 Å². The zero-order valence-electron chi connectivity index (χ0n) is 10.6. The maximum atomic E-state index is 5.16. The highest BCUT2D eigenvalue weighted by atomic mass is 16.5. The van der Waals surface area contributed by atoms with Crippen LogP contribution in [0, 0.1) is 0 Å². The first-order valence-corrected chi connectivity index (χ1v) is 6.48. The first kappa shape index (κ1) is 11.2. The molecule has 0 radical (unpaired) electrons. The Hall–Kier alpha value is -0.940. The summed E-state index contributed by atoms with van der Waals surface area (Å²) in [6, 6.07) is 1.17. The molecule has 1 aromatic heterocycles. The Morgan fingerprint density at radius 2 is 2.12 bits per heavy atom. The molecule has 0 saturated heterocycles. The number of methoxy groups -OCH3 is 1. The molecule has 1 fully saturated rings. The number of fused-ring (bicyclic) bond motifs is 1. The van der Waals surface area contributed by atoms with E-state index < -0.39 is 0 Å². The smallest absolute Gasteiger partial charge is 0.159 e. The van der Waals surface area contributed by atoms with Crippen LogP contribution in [0.4, 0.5) is 0 Å². The Balaban J connectivity index is 1.82. The molecular weight excluding hydrogens is 216 g/mol. The highest BCUT2D eigenvalue weighted by molar-refractivity contribution is 5.05. The molecule has 1 aliphatic carbocycles. The molecule has 5 heteroatoms. The third-order valence-electron chi connectivity index (χ3n) is 4.13. The van der Waals surface area contributed by atoms with E-state index in [1.54, 1.807) is 7.11 Å². The first-order chi connectivity index (χ1) is 8.31. The minimum absolute atomic E-state index is 0.396. The van der Waals surface area contributed by atoms with E-state index in [0.29, 0.717) is 12.6 Å². The lowest BCUT2D eigenvalue weighted by Crippen LogP contribution is -2.46. The molecule has 1 aromatic rings. The van der Waals surface area contributed by atoms with Crippen LogP contribution in [0.25, 0.3) is 0 Å². The van der Waals surface area contributed by atoms with E-state index in [9.17, 15) is 0 Å². The van der Waals surface area contributed by atoms with Gasteiger partial charge in [0.1, 0.15) is 12.4 Å². The number of hydrogen-bond donors (Lipinski definition) is 0. The number of nitrogens with zero attached hydrogens (tertiary/aromatic N) is 4. The molecule has 1 atom stereocenters. The quantitative estimate of drug-likeness (QED) is 0.794. The fourth-order valence-corrected chi connectivity index (χ4v) is 2.91. The van der Waals surface area contributed by atoms with Gasteiger partial charge in [-0.15, -0.1) is 10.2 Å². The van der Waals surface area contributed by atoms with Crippen LogP contribution in [0.2, 0.25) is 0 Å². The van der Waals surface area contributed by atoms with E-state index in [-0.39, 0.29) is 0 Å². The van der Waals surface area contributed by atoms with E-state index in [0.717, 1.165) is 30.8 Å². The third kappa shape index (κ3) is 1.77. The molecule has 0 amide bonds. The number of hydrogen-bond acceptors (Lipinski definition) is 4. The Morgan fingerprint density at radius 3 is 2.76 bits per heavy atom. The van der Waals surface area contributed by atoms with E-state index in [2.05, 4.69) is 26.6 Å². The van der Waals surface area contributed by atoms with Crippen molar-refractivity contribution >= 4 is 0 Å². The van der Waals surface area contributed by atoms with Crippen molar-refractivity contribution in [2.24, 2.45) is 0 Å². The average Bonchev–Trinajstić information content (AvgIpc) is 2.65. The lowest BCUT2D eigenvalue weighted by Gasteiger charge is -2.43. The van der Waals surface area contributed by atoms with Crippen LogP contribution < -0.4 is 0 Å². The van der Waals surface area contributed by atoms with Crippen molar-refractivity contribution in [3.8, 4) is 0 Å². The Morgan fingerprint density at radius 1 is 1.29 bits per heavy atom. The monoisotopic (exact) mass is 236 g/mol. The summed E-state index contributed by atoms with van der Waals surface area (Å²) in [7, 11) is 1.70. The van der Waals surface area contributed by atoms with Gasteiger partial charge in [-0.2, -0.15) is 0 Å². The number of rotatable bonds is 3. The first-order valence-electron chi connectivity index (χ1n) is 6.48. The third-order valence-corrected chi connectivity index (χ3v) is 4.13. The number of ether oxygens (including phenoxy) is 1. The standard InChI is InChI=1S/C12H20N4O/c1-9-12-14-13-11(8-17-2)16(12)7-6-15(9)10-4-3-5-10/h9-10H,3-8H2,1-2H3/t9-/m0/s1. The maximum absolute atomic E-state index is 5.16. The van der Waals surface area contributed by atoms with Gasteiger partial charge in [-0.25, -0.2) is 0 Å². The zero-order chi connectivity index (χ0) is 11.8. The van der Waals surface area contributed by atoms with Gasteiger partial charge in [0.05, 0.1) is 6.04 Å². The molecule has 0 N–H and O–H groups in total. The molecule has 5 nitrogen and oxygen atoms in total. The molecule has 2 aliphatic rings. The van der Waals surface area contributed by atoms with E-state index in [1.165, 1.54) is 19.3 Å².